The maximum absolute atomic E-state index is 12.4. The average molecular weight is 389 g/mol. The summed E-state index contributed by atoms with van der Waals surface area (Å²) in [7, 11) is 4.59. The Morgan fingerprint density at radius 1 is 1.26 bits per heavy atom. The summed E-state index contributed by atoms with van der Waals surface area (Å²) in [5.41, 5.74) is 0.614. The Labute approximate surface area is 161 Å². The number of allylic oxidation sites excluding steroid dienone is 1. The molecule has 1 heterocycles. The van der Waals surface area contributed by atoms with Gasteiger partial charge in [-0.15, -0.1) is 11.8 Å². The van der Waals surface area contributed by atoms with Crippen molar-refractivity contribution in [2.24, 2.45) is 14.1 Å². The smallest absolute Gasteiger partial charge is 0.330 e. The summed E-state index contributed by atoms with van der Waals surface area (Å²) < 4.78 is 7.60. The third-order valence-corrected chi connectivity index (χ3v) is 5.27. The van der Waals surface area contributed by atoms with Gasteiger partial charge in [0.05, 0.1) is 17.9 Å². The summed E-state index contributed by atoms with van der Waals surface area (Å²) >= 11 is 1.29. The lowest BCUT2D eigenvalue weighted by Crippen LogP contribution is -2.39. The highest BCUT2D eigenvalue weighted by Gasteiger charge is 2.14. The molecule has 8 heteroatoms. The van der Waals surface area contributed by atoms with E-state index in [1.807, 2.05) is 6.92 Å². The number of ether oxygens (including phenoxy) is 1. The molecule has 0 saturated carbocycles. The minimum absolute atomic E-state index is 0.0508. The number of ketones is 1. The number of rotatable bonds is 7. The molecule has 0 aliphatic heterocycles. The third-order valence-electron chi connectivity index (χ3n) is 4.22. The van der Waals surface area contributed by atoms with Gasteiger partial charge in [-0.3, -0.25) is 18.7 Å². The van der Waals surface area contributed by atoms with E-state index in [-0.39, 0.29) is 17.2 Å². The Morgan fingerprint density at radius 3 is 2.59 bits per heavy atom. The maximum atomic E-state index is 12.4. The number of hydrogen-bond acceptors (Lipinski definition) is 6. The Bertz CT molecular complexity index is 1000. The van der Waals surface area contributed by atoms with Gasteiger partial charge in [0.1, 0.15) is 11.4 Å². The van der Waals surface area contributed by atoms with E-state index in [0.29, 0.717) is 27.7 Å². The van der Waals surface area contributed by atoms with E-state index in [4.69, 9.17) is 4.74 Å². The Morgan fingerprint density at radius 2 is 1.96 bits per heavy atom. The van der Waals surface area contributed by atoms with Gasteiger partial charge in [-0.25, -0.2) is 4.79 Å². The Kier molecular flexibility index (Phi) is 6.68. The molecule has 0 aliphatic carbocycles. The maximum Gasteiger partial charge on any atom is 0.330 e. The van der Waals surface area contributed by atoms with Gasteiger partial charge in [0.25, 0.3) is 5.56 Å². The average Bonchev–Trinajstić information content (AvgIpc) is 2.70. The number of carbonyl (C=O) groups excluding carboxylic acids is 1. The van der Waals surface area contributed by atoms with E-state index in [0.717, 1.165) is 4.57 Å². The molecule has 7 nitrogen and oxygen atoms in total. The van der Waals surface area contributed by atoms with Crippen LogP contribution in [0.1, 0.15) is 23.0 Å². The van der Waals surface area contributed by atoms with Crippen LogP contribution in [0.2, 0.25) is 0 Å². The monoisotopic (exact) mass is 389 g/mol. The molecule has 0 aliphatic rings. The van der Waals surface area contributed by atoms with Gasteiger partial charge in [0.15, 0.2) is 5.78 Å². The Balaban J connectivity index is 2.17. The molecule has 144 valence electrons. The molecule has 0 radical (unpaired) electrons. The standard InChI is InChI=1S/C19H23N3O4S/c1-6-16(20-17-12(2)21(3)19(25)22(4)18(17)24)27-11-15(23)13-8-7-9-14(10-13)26-5/h6-10,20H,11H2,1-5H3/b16-6+. The normalized spacial score (nSPS) is 11.4. The molecule has 1 aromatic carbocycles. The summed E-state index contributed by atoms with van der Waals surface area (Å²) in [5.74, 6) is 0.773. The van der Waals surface area contributed by atoms with Crippen molar-refractivity contribution in [3.8, 4) is 5.75 Å². The van der Waals surface area contributed by atoms with Crippen molar-refractivity contribution in [2.45, 2.75) is 13.8 Å². The first-order chi connectivity index (χ1) is 12.8. The highest BCUT2D eigenvalue weighted by atomic mass is 32.2. The van der Waals surface area contributed by atoms with Crippen molar-refractivity contribution in [3.63, 3.8) is 0 Å². The van der Waals surface area contributed by atoms with Gasteiger partial charge in [0.2, 0.25) is 0 Å². The highest BCUT2D eigenvalue weighted by Crippen LogP contribution is 2.21. The molecule has 0 unspecified atom stereocenters. The molecule has 1 aromatic heterocycles. The lowest BCUT2D eigenvalue weighted by molar-refractivity contribution is 0.102. The second-order valence-corrected chi connectivity index (χ2v) is 6.91. The van der Waals surface area contributed by atoms with Crippen LogP contribution in [-0.4, -0.2) is 27.8 Å². The van der Waals surface area contributed by atoms with Crippen molar-refractivity contribution < 1.29 is 9.53 Å². The zero-order valence-corrected chi connectivity index (χ0v) is 16.8. The van der Waals surface area contributed by atoms with Crippen LogP contribution in [0.15, 0.2) is 45.0 Å². The number of nitrogens with one attached hydrogen (secondary N) is 1. The van der Waals surface area contributed by atoms with E-state index in [9.17, 15) is 14.4 Å². The van der Waals surface area contributed by atoms with Gasteiger partial charge in [-0.2, -0.15) is 0 Å². The molecule has 2 rings (SSSR count). The van der Waals surface area contributed by atoms with Gasteiger partial charge >= 0.3 is 5.69 Å². The van der Waals surface area contributed by atoms with Crippen LogP contribution < -0.4 is 21.3 Å². The highest BCUT2D eigenvalue weighted by molar-refractivity contribution is 8.03. The van der Waals surface area contributed by atoms with Crippen LogP contribution in [0.5, 0.6) is 5.75 Å². The number of Topliss-reactive ketones (excluding diaryl/α,β-unsaturated/α-hetero) is 1. The van der Waals surface area contributed by atoms with Crippen molar-refractivity contribution in [2.75, 3.05) is 18.2 Å². The number of methoxy groups -OCH3 is 1. The largest absolute Gasteiger partial charge is 0.497 e. The van der Waals surface area contributed by atoms with Crippen LogP contribution in [0.3, 0.4) is 0 Å². The third kappa shape index (κ3) is 4.51. The molecule has 0 fully saturated rings. The zero-order chi connectivity index (χ0) is 20.1. The molecule has 0 amide bonds. The van der Waals surface area contributed by atoms with Crippen molar-refractivity contribution >= 4 is 23.2 Å². The molecular weight excluding hydrogens is 366 g/mol. The molecule has 1 N–H and O–H groups in total. The molecular formula is C19H23N3O4S. The lowest BCUT2D eigenvalue weighted by Gasteiger charge is -2.15. The zero-order valence-electron chi connectivity index (χ0n) is 16.0. The number of carbonyl (C=O) groups is 1. The second kappa shape index (κ2) is 8.77. The quantitative estimate of drug-likeness (QED) is 0.732. The van der Waals surface area contributed by atoms with Gasteiger partial charge in [-0.05, 0) is 26.0 Å². The van der Waals surface area contributed by atoms with Gasteiger partial charge < -0.3 is 10.1 Å². The number of nitrogens with zero attached hydrogens (tertiary/aromatic N) is 2. The van der Waals surface area contributed by atoms with Crippen LogP contribution in [0, 0.1) is 6.92 Å². The van der Waals surface area contributed by atoms with E-state index in [1.165, 1.54) is 23.4 Å². The fourth-order valence-electron chi connectivity index (χ4n) is 2.43. The van der Waals surface area contributed by atoms with Crippen LogP contribution >= 0.6 is 11.8 Å². The number of aromatic nitrogens is 2. The van der Waals surface area contributed by atoms with Gasteiger partial charge in [0, 0.05) is 25.4 Å². The molecule has 0 bridgehead atoms. The predicted octanol–water partition coefficient (Wildman–Crippen LogP) is 2.29. The topological polar surface area (TPSA) is 82.3 Å². The number of anilines is 1. The predicted molar refractivity (Wildman–Crippen MR) is 109 cm³/mol. The summed E-state index contributed by atoms with van der Waals surface area (Å²) in [6.07, 6.45) is 1.79. The summed E-state index contributed by atoms with van der Waals surface area (Å²) in [6.45, 7) is 3.51. The van der Waals surface area contributed by atoms with Crippen molar-refractivity contribution in [1.82, 2.24) is 9.13 Å². The minimum Gasteiger partial charge on any atom is -0.497 e. The number of thioether (sulfide) groups is 1. The fraction of sp³-hybridized carbons (Fsp3) is 0.316. The van der Waals surface area contributed by atoms with E-state index >= 15 is 0 Å². The SMILES string of the molecule is C/C=C(\Nc1c(C)n(C)c(=O)n(C)c1=O)SCC(=O)c1cccc(OC)c1. The molecule has 0 atom stereocenters. The first-order valence-electron chi connectivity index (χ1n) is 8.30. The van der Waals surface area contributed by atoms with Crippen LogP contribution in [0.25, 0.3) is 0 Å². The Hall–Kier alpha value is -2.74. The first kappa shape index (κ1) is 20.6. The lowest BCUT2D eigenvalue weighted by atomic mass is 10.1. The molecule has 27 heavy (non-hydrogen) atoms. The van der Waals surface area contributed by atoms with E-state index < -0.39 is 5.56 Å². The van der Waals surface area contributed by atoms with Crippen LogP contribution in [-0.2, 0) is 14.1 Å². The van der Waals surface area contributed by atoms with Crippen molar-refractivity contribution in [3.05, 3.63) is 67.5 Å². The van der Waals surface area contributed by atoms with Crippen LogP contribution in [0.4, 0.5) is 5.69 Å². The number of benzene rings is 1. The van der Waals surface area contributed by atoms with E-state index in [1.54, 1.807) is 51.4 Å². The molecule has 2 aromatic rings. The first-order valence-corrected chi connectivity index (χ1v) is 9.28. The number of hydrogen-bond donors (Lipinski definition) is 1. The van der Waals surface area contributed by atoms with Crippen molar-refractivity contribution in [1.29, 1.82) is 0 Å². The summed E-state index contributed by atoms with van der Waals surface area (Å²) in [5, 5.41) is 3.72. The summed E-state index contributed by atoms with van der Waals surface area (Å²) in [4.78, 5) is 36.8. The molecule has 0 saturated heterocycles. The fourth-order valence-corrected chi connectivity index (χ4v) is 3.22. The van der Waals surface area contributed by atoms with E-state index in [2.05, 4.69) is 5.32 Å². The minimum atomic E-state index is -0.408. The second-order valence-electron chi connectivity index (χ2n) is 5.89. The molecule has 0 spiro atoms. The summed E-state index contributed by atoms with van der Waals surface area (Å²) in [6, 6.07) is 6.98. The van der Waals surface area contributed by atoms with Gasteiger partial charge in [-0.1, -0.05) is 18.2 Å².